The second-order valence-corrected chi connectivity index (χ2v) is 10.7. The second-order valence-electron chi connectivity index (χ2n) is 8.95. The third kappa shape index (κ3) is 4.53. The summed E-state index contributed by atoms with van der Waals surface area (Å²) in [6.07, 6.45) is 12.3. The lowest BCUT2D eigenvalue weighted by Gasteiger charge is -2.28. The molecule has 1 aliphatic heterocycles. The minimum atomic E-state index is 0.739. The molecule has 3 heterocycles. The molecule has 2 fully saturated rings. The van der Waals surface area contributed by atoms with Crippen LogP contribution in [0.4, 0.5) is 0 Å². The first-order valence-corrected chi connectivity index (χ1v) is 12.3. The largest absolute Gasteiger partial charge is 0.300 e. The fourth-order valence-electron chi connectivity index (χ4n) is 5.23. The smallest absolute Gasteiger partial charge is 0.252 e. The van der Waals surface area contributed by atoms with E-state index in [4.69, 9.17) is 4.98 Å². The van der Waals surface area contributed by atoms with Crippen molar-refractivity contribution in [1.29, 1.82) is 0 Å². The van der Waals surface area contributed by atoms with Crippen molar-refractivity contribution in [2.24, 2.45) is 5.92 Å². The Morgan fingerprint density at radius 3 is 2.57 bits per heavy atom. The Morgan fingerprint density at radius 2 is 1.71 bits per heavy atom. The van der Waals surface area contributed by atoms with Crippen LogP contribution in [0.1, 0.15) is 74.1 Å². The van der Waals surface area contributed by atoms with Gasteiger partial charge in [-0.2, -0.15) is 10.1 Å². The van der Waals surface area contributed by atoms with Gasteiger partial charge in [-0.3, -0.25) is 0 Å². The van der Waals surface area contributed by atoms with Crippen LogP contribution in [0.2, 0.25) is 0 Å². The summed E-state index contributed by atoms with van der Waals surface area (Å²) in [5, 5.41) is 4.54. The average molecular weight is 495 g/mol. The van der Waals surface area contributed by atoms with Crippen molar-refractivity contribution in [3.8, 4) is 0 Å². The maximum absolute atomic E-state index is 4.72. The van der Waals surface area contributed by atoms with Gasteiger partial charge in [-0.25, -0.2) is 9.50 Å². The van der Waals surface area contributed by atoms with E-state index in [1.54, 1.807) is 0 Å². The molecule has 3 unspecified atom stereocenters. The van der Waals surface area contributed by atoms with Crippen LogP contribution in [0.5, 0.6) is 0 Å². The summed E-state index contributed by atoms with van der Waals surface area (Å²) in [6, 6.07) is 0.812. The molecule has 1 aliphatic carbocycles. The maximum atomic E-state index is 4.72. The van der Waals surface area contributed by atoms with Gasteiger partial charge in [-0.1, -0.05) is 41.9 Å². The van der Waals surface area contributed by atoms with E-state index in [0.717, 1.165) is 39.6 Å². The predicted molar refractivity (Wildman–Crippen MR) is 122 cm³/mol. The summed E-state index contributed by atoms with van der Waals surface area (Å²) in [7, 11) is 0. The number of likely N-dealkylation sites (tertiary alicyclic amines) is 1. The van der Waals surface area contributed by atoms with Crippen LogP contribution < -0.4 is 0 Å². The van der Waals surface area contributed by atoms with E-state index in [2.05, 4.69) is 51.4 Å². The van der Waals surface area contributed by atoms with Crippen LogP contribution >= 0.6 is 22.6 Å². The fraction of sp³-hybridized carbons (Fsp3) is 0.773. The molecule has 0 aromatic carbocycles. The van der Waals surface area contributed by atoms with Crippen LogP contribution in [0.15, 0.2) is 0 Å². The number of aromatic nitrogens is 4. The van der Waals surface area contributed by atoms with Gasteiger partial charge in [0.05, 0.1) is 0 Å². The van der Waals surface area contributed by atoms with Gasteiger partial charge in [0, 0.05) is 27.9 Å². The van der Waals surface area contributed by atoms with Crippen molar-refractivity contribution in [1.82, 2.24) is 24.5 Å². The molecule has 154 valence electrons. The number of alkyl halides is 1. The highest BCUT2D eigenvalue weighted by Gasteiger charge is 2.29. The Hall–Kier alpha value is -0.760. The van der Waals surface area contributed by atoms with Gasteiger partial charge in [0.2, 0.25) is 0 Å². The number of fused-ring (bicyclic) bond motifs is 1. The Bertz CT molecular complexity index is 817. The van der Waals surface area contributed by atoms with E-state index in [1.165, 1.54) is 75.7 Å². The number of rotatable bonds is 3. The van der Waals surface area contributed by atoms with E-state index in [1.807, 2.05) is 11.4 Å². The molecule has 0 bridgehead atoms. The van der Waals surface area contributed by atoms with Crippen molar-refractivity contribution in [3.05, 3.63) is 22.8 Å². The van der Waals surface area contributed by atoms with Gasteiger partial charge >= 0.3 is 0 Å². The number of halogens is 1. The molecule has 0 amide bonds. The maximum Gasteiger partial charge on any atom is 0.252 e. The highest BCUT2D eigenvalue weighted by molar-refractivity contribution is 14.1. The fourth-order valence-corrected chi connectivity index (χ4v) is 6.11. The minimum Gasteiger partial charge on any atom is -0.300 e. The molecular weight excluding hydrogens is 461 g/mol. The summed E-state index contributed by atoms with van der Waals surface area (Å²) in [5.41, 5.74) is 3.73. The zero-order valence-electron chi connectivity index (χ0n) is 17.6. The van der Waals surface area contributed by atoms with E-state index < -0.39 is 0 Å². The summed E-state index contributed by atoms with van der Waals surface area (Å²) in [5.74, 6) is 2.28. The molecule has 0 spiro atoms. The Kier molecular flexibility index (Phi) is 6.55. The standard InChI is InChI=1S/C22H34IN5/c1-15-21(16(2)28-22(24-15)25-17(3)26-28)13-18-11-12-27(14-18)20-9-5-4-7-19(23)8-6-10-20/h18-20H,4-14H2,1-3H3. The highest BCUT2D eigenvalue weighted by atomic mass is 127. The molecule has 5 nitrogen and oxygen atoms in total. The van der Waals surface area contributed by atoms with Gasteiger partial charge in [0.25, 0.3) is 5.78 Å². The third-order valence-corrected chi connectivity index (χ3v) is 8.09. The van der Waals surface area contributed by atoms with Gasteiger partial charge in [-0.15, -0.1) is 0 Å². The molecule has 0 radical (unpaired) electrons. The Labute approximate surface area is 182 Å². The summed E-state index contributed by atoms with van der Waals surface area (Å²) < 4.78 is 2.83. The van der Waals surface area contributed by atoms with Crippen LogP contribution in [0.25, 0.3) is 5.78 Å². The van der Waals surface area contributed by atoms with Gasteiger partial charge in [0.1, 0.15) is 5.82 Å². The van der Waals surface area contributed by atoms with Gasteiger partial charge in [-0.05, 0) is 77.3 Å². The van der Waals surface area contributed by atoms with E-state index >= 15 is 0 Å². The monoisotopic (exact) mass is 495 g/mol. The SMILES string of the molecule is Cc1nc2nc(C)c(CC3CCN(C4CCCCC(I)CCC4)C3)c(C)n2n1. The normalized spacial score (nSPS) is 27.6. The molecule has 3 atom stereocenters. The van der Waals surface area contributed by atoms with Crippen molar-refractivity contribution < 1.29 is 0 Å². The molecule has 2 aromatic heterocycles. The van der Waals surface area contributed by atoms with Crippen LogP contribution in [0.3, 0.4) is 0 Å². The van der Waals surface area contributed by atoms with Crippen molar-refractivity contribution >= 4 is 28.4 Å². The van der Waals surface area contributed by atoms with E-state index in [9.17, 15) is 0 Å². The molecule has 2 aromatic rings. The van der Waals surface area contributed by atoms with Crippen LogP contribution in [0, 0.1) is 26.7 Å². The molecule has 6 heteroatoms. The number of hydrogen-bond acceptors (Lipinski definition) is 4. The van der Waals surface area contributed by atoms with Crippen molar-refractivity contribution in [2.45, 2.75) is 88.5 Å². The summed E-state index contributed by atoms with van der Waals surface area (Å²) in [4.78, 5) is 12.0. The number of hydrogen-bond donors (Lipinski definition) is 0. The summed E-state index contributed by atoms with van der Waals surface area (Å²) >= 11 is 2.67. The summed E-state index contributed by atoms with van der Waals surface area (Å²) in [6.45, 7) is 8.79. The van der Waals surface area contributed by atoms with Crippen molar-refractivity contribution in [3.63, 3.8) is 0 Å². The quantitative estimate of drug-likeness (QED) is 0.452. The lowest BCUT2D eigenvalue weighted by molar-refractivity contribution is 0.205. The zero-order chi connectivity index (χ0) is 19.7. The predicted octanol–water partition coefficient (Wildman–Crippen LogP) is 4.83. The Morgan fingerprint density at radius 1 is 0.964 bits per heavy atom. The number of nitrogens with zero attached hydrogens (tertiary/aromatic N) is 5. The highest BCUT2D eigenvalue weighted by Crippen LogP contribution is 2.30. The zero-order valence-corrected chi connectivity index (χ0v) is 19.8. The van der Waals surface area contributed by atoms with Gasteiger partial charge < -0.3 is 4.90 Å². The lowest BCUT2D eigenvalue weighted by Crippen LogP contribution is -2.33. The van der Waals surface area contributed by atoms with Gasteiger partial charge in [0.15, 0.2) is 0 Å². The molecule has 2 aliphatic rings. The first-order valence-electron chi connectivity index (χ1n) is 11.1. The topological polar surface area (TPSA) is 46.3 Å². The third-order valence-electron chi connectivity index (χ3n) is 6.84. The number of aryl methyl sites for hydroxylation is 3. The van der Waals surface area contributed by atoms with E-state index in [-0.39, 0.29) is 0 Å². The first kappa shape index (κ1) is 20.5. The molecular formula is C22H34IN5. The molecule has 1 saturated heterocycles. The van der Waals surface area contributed by atoms with Crippen LogP contribution in [-0.2, 0) is 6.42 Å². The second kappa shape index (κ2) is 8.94. The Balaban J connectivity index is 1.42. The first-order chi connectivity index (χ1) is 13.5. The van der Waals surface area contributed by atoms with Crippen molar-refractivity contribution in [2.75, 3.05) is 13.1 Å². The molecule has 28 heavy (non-hydrogen) atoms. The average Bonchev–Trinajstić information content (AvgIpc) is 3.28. The lowest BCUT2D eigenvalue weighted by atomic mass is 9.96. The molecule has 1 saturated carbocycles. The minimum absolute atomic E-state index is 0.739. The van der Waals surface area contributed by atoms with Crippen LogP contribution in [-0.4, -0.2) is 47.5 Å². The van der Waals surface area contributed by atoms with E-state index in [0.29, 0.717) is 0 Å². The molecule has 4 rings (SSSR count). The molecule has 0 N–H and O–H groups in total.